The highest BCUT2D eigenvalue weighted by molar-refractivity contribution is 5.88. The lowest BCUT2D eigenvalue weighted by atomic mass is 9.54. The molecule has 0 aliphatic heterocycles. The average Bonchev–Trinajstić information content (AvgIpc) is 2.48. The highest BCUT2D eigenvalue weighted by Crippen LogP contribution is 2.50. The Bertz CT molecular complexity index is 544. The number of aryl methyl sites for hydroxylation is 1. The van der Waals surface area contributed by atoms with Gasteiger partial charge in [0.1, 0.15) is 5.54 Å². The molecule has 1 aliphatic rings. The van der Waals surface area contributed by atoms with Gasteiger partial charge in [-0.1, -0.05) is 43.7 Å². The number of carbonyl (C=O) groups is 1. The fraction of sp³-hybridized carbons (Fsp3) is 0.611. The van der Waals surface area contributed by atoms with Crippen molar-refractivity contribution in [1.82, 2.24) is 4.90 Å². The number of ether oxygens (including phenoxy) is 1. The van der Waals surface area contributed by atoms with Gasteiger partial charge in [0.05, 0.1) is 6.10 Å². The number of nitrogens with two attached hydrogens (primary N) is 1. The molecule has 1 fully saturated rings. The Morgan fingerprint density at radius 1 is 1.35 bits per heavy atom. The molecule has 1 aliphatic carbocycles. The number of nitrogens with zero attached hydrogens (tertiary/aromatic N) is 1. The van der Waals surface area contributed by atoms with Crippen molar-refractivity contribution < 1.29 is 9.53 Å². The van der Waals surface area contributed by atoms with Crippen LogP contribution in [-0.2, 0) is 16.1 Å². The van der Waals surface area contributed by atoms with Crippen molar-refractivity contribution in [2.75, 3.05) is 13.7 Å². The predicted octanol–water partition coefficient (Wildman–Crippen LogP) is 2.91. The van der Waals surface area contributed by atoms with Crippen LogP contribution in [0.15, 0.2) is 24.3 Å². The Hall–Kier alpha value is -1.10. The van der Waals surface area contributed by atoms with Crippen LogP contribution in [0.1, 0.15) is 38.3 Å². The SMILES string of the molecule is CCOC1CC(N)(C(=O)N(C)Cc2ccc(C)cc2)C1(C)C.Cl. The molecule has 2 rings (SSSR count). The van der Waals surface area contributed by atoms with Crippen LogP contribution in [0.5, 0.6) is 0 Å². The van der Waals surface area contributed by atoms with Gasteiger partial charge in [0.25, 0.3) is 0 Å². The van der Waals surface area contributed by atoms with Crippen LogP contribution in [-0.4, -0.2) is 36.1 Å². The zero-order chi connectivity index (χ0) is 16.5. The molecule has 1 saturated carbocycles. The van der Waals surface area contributed by atoms with Gasteiger partial charge in [-0.15, -0.1) is 12.4 Å². The summed E-state index contributed by atoms with van der Waals surface area (Å²) < 4.78 is 5.70. The number of rotatable bonds is 5. The van der Waals surface area contributed by atoms with Gasteiger partial charge < -0.3 is 15.4 Å². The molecule has 2 N–H and O–H groups in total. The molecule has 0 aromatic heterocycles. The molecule has 1 aromatic carbocycles. The van der Waals surface area contributed by atoms with Crippen LogP contribution >= 0.6 is 12.4 Å². The molecule has 4 nitrogen and oxygen atoms in total. The van der Waals surface area contributed by atoms with Gasteiger partial charge in [-0.25, -0.2) is 0 Å². The van der Waals surface area contributed by atoms with Gasteiger partial charge in [0.15, 0.2) is 0 Å². The van der Waals surface area contributed by atoms with Crippen molar-refractivity contribution in [1.29, 1.82) is 0 Å². The Labute approximate surface area is 145 Å². The van der Waals surface area contributed by atoms with E-state index in [0.29, 0.717) is 19.6 Å². The summed E-state index contributed by atoms with van der Waals surface area (Å²) in [4.78, 5) is 14.6. The van der Waals surface area contributed by atoms with Gasteiger partial charge in [-0.2, -0.15) is 0 Å². The Morgan fingerprint density at radius 3 is 2.39 bits per heavy atom. The van der Waals surface area contributed by atoms with Crippen molar-refractivity contribution in [2.45, 2.75) is 52.3 Å². The average molecular weight is 341 g/mol. The maximum atomic E-state index is 12.8. The van der Waals surface area contributed by atoms with E-state index >= 15 is 0 Å². The number of amides is 1. The minimum atomic E-state index is -0.841. The molecule has 1 aromatic rings. The van der Waals surface area contributed by atoms with Crippen LogP contribution in [0.25, 0.3) is 0 Å². The summed E-state index contributed by atoms with van der Waals surface area (Å²) in [6.45, 7) is 9.30. The number of carbonyl (C=O) groups excluding carboxylic acids is 1. The zero-order valence-electron chi connectivity index (χ0n) is 14.8. The molecule has 0 heterocycles. The molecule has 0 bridgehead atoms. The van der Waals surface area contributed by atoms with Crippen molar-refractivity contribution >= 4 is 18.3 Å². The standard InChI is InChI=1S/C18H28N2O2.ClH/c1-6-22-15-11-18(19,17(15,3)4)16(21)20(5)12-14-9-7-13(2)8-10-14;/h7-10,15H,6,11-12,19H2,1-5H3;1H. The topological polar surface area (TPSA) is 55.6 Å². The van der Waals surface area contributed by atoms with Gasteiger partial charge in [0.2, 0.25) is 5.91 Å². The summed E-state index contributed by atoms with van der Waals surface area (Å²) in [6.07, 6.45) is 0.643. The van der Waals surface area contributed by atoms with E-state index in [1.165, 1.54) is 5.56 Å². The van der Waals surface area contributed by atoms with E-state index in [-0.39, 0.29) is 29.8 Å². The first kappa shape index (κ1) is 19.9. The quantitative estimate of drug-likeness (QED) is 0.896. The van der Waals surface area contributed by atoms with E-state index in [4.69, 9.17) is 10.5 Å². The summed E-state index contributed by atoms with van der Waals surface area (Å²) in [5.74, 6) is -0.00553. The second kappa shape index (κ2) is 7.20. The first-order valence-electron chi connectivity index (χ1n) is 7.94. The summed E-state index contributed by atoms with van der Waals surface area (Å²) >= 11 is 0. The highest BCUT2D eigenvalue weighted by Gasteiger charge is 2.63. The Balaban J connectivity index is 0.00000264. The van der Waals surface area contributed by atoms with Crippen LogP contribution in [0.2, 0.25) is 0 Å². The third kappa shape index (κ3) is 3.54. The van der Waals surface area contributed by atoms with Crippen LogP contribution in [0, 0.1) is 12.3 Å². The van der Waals surface area contributed by atoms with Gasteiger partial charge in [-0.3, -0.25) is 4.79 Å². The maximum Gasteiger partial charge on any atom is 0.243 e. The fourth-order valence-electron chi connectivity index (χ4n) is 3.18. The van der Waals surface area contributed by atoms with Crippen molar-refractivity contribution in [3.63, 3.8) is 0 Å². The van der Waals surface area contributed by atoms with Crippen LogP contribution < -0.4 is 5.73 Å². The largest absolute Gasteiger partial charge is 0.378 e. The van der Waals surface area contributed by atoms with Gasteiger partial charge in [0, 0.05) is 32.0 Å². The summed E-state index contributed by atoms with van der Waals surface area (Å²) in [5.41, 5.74) is 7.60. The summed E-state index contributed by atoms with van der Waals surface area (Å²) in [5, 5.41) is 0. The van der Waals surface area contributed by atoms with E-state index in [1.807, 2.05) is 27.8 Å². The minimum Gasteiger partial charge on any atom is -0.378 e. The molecule has 130 valence electrons. The number of hydrogen-bond acceptors (Lipinski definition) is 3. The molecule has 2 unspecified atom stereocenters. The molecule has 2 atom stereocenters. The molecule has 0 radical (unpaired) electrons. The van der Waals surface area contributed by atoms with E-state index in [1.54, 1.807) is 4.90 Å². The molecule has 0 saturated heterocycles. The van der Waals surface area contributed by atoms with Crippen LogP contribution in [0.3, 0.4) is 0 Å². The number of halogens is 1. The van der Waals surface area contributed by atoms with Crippen molar-refractivity contribution in [3.8, 4) is 0 Å². The van der Waals surface area contributed by atoms with Crippen molar-refractivity contribution in [3.05, 3.63) is 35.4 Å². The van der Waals surface area contributed by atoms with E-state index in [9.17, 15) is 4.79 Å². The Morgan fingerprint density at radius 2 is 1.91 bits per heavy atom. The lowest BCUT2D eigenvalue weighted by Crippen LogP contribution is -2.75. The molecular weight excluding hydrogens is 312 g/mol. The Kier molecular flexibility index (Phi) is 6.25. The lowest BCUT2D eigenvalue weighted by Gasteiger charge is -2.58. The molecular formula is C18H29ClN2O2. The summed E-state index contributed by atoms with van der Waals surface area (Å²) in [6, 6.07) is 8.23. The predicted molar refractivity (Wildman–Crippen MR) is 95.6 cm³/mol. The monoisotopic (exact) mass is 340 g/mol. The first-order chi connectivity index (χ1) is 10.2. The number of benzene rings is 1. The summed E-state index contributed by atoms with van der Waals surface area (Å²) in [7, 11) is 1.82. The second-order valence-corrected chi connectivity index (χ2v) is 6.99. The fourth-order valence-corrected chi connectivity index (χ4v) is 3.18. The smallest absolute Gasteiger partial charge is 0.243 e. The minimum absolute atomic E-state index is 0. The normalized spacial score (nSPS) is 25.2. The van der Waals surface area contributed by atoms with Crippen LogP contribution in [0.4, 0.5) is 0 Å². The van der Waals surface area contributed by atoms with Crippen molar-refractivity contribution in [2.24, 2.45) is 11.1 Å². The zero-order valence-corrected chi connectivity index (χ0v) is 15.6. The van der Waals surface area contributed by atoms with Gasteiger partial charge >= 0.3 is 0 Å². The molecule has 1 amide bonds. The maximum absolute atomic E-state index is 12.8. The molecule has 0 spiro atoms. The second-order valence-electron chi connectivity index (χ2n) is 6.99. The number of likely N-dealkylation sites (N-methyl/N-ethyl adjacent to an activating group) is 1. The molecule has 5 heteroatoms. The highest BCUT2D eigenvalue weighted by atomic mass is 35.5. The third-order valence-corrected chi connectivity index (χ3v) is 5.10. The third-order valence-electron chi connectivity index (χ3n) is 5.10. The first-order valence-corrected chi connectivity index (χ1v) is 7.94. The van der Waals surface area contributed by atoms with E-state index in [2.05, 4.69) is 31.2 Å². The molecule has 23 heavy (non-hydrogen) atoms. The lowest BCUT2D eigenvalue weighted by molar-refractivity contribution is -0.178. The number of hydrogen-bond donors (Lipinski definition) is 1. The van der Waals surface area contributed by atoms with Gasteiger partial charge in [-0.05, 0) is 19.4 Å². The van der Waals surface area contributed by atoms with E-state index in [0.717, 1.165) is 5.56 Å². The van der Waals surface area contributed by atoms with E-state index < -0.39 is 5.54 Å².